The Labute approximate surface area is 96.1 Å². The van der Waals surface area contributed by atoms with Gasteiger partial charge in [-0.2, -0.15) is 0 Å². The second kappa shape index (κ2) is 5.97. The highest BCUT2D eigenvalue weighted by molar-refractivity contribution is 5.23. The molecule has 0 amide bonds. The Morgan fingerprint density at radius 2 is 1.35 bits per heavy atom. The third-order valence-electron chi connectivity index (χ3n) is 2.02. The average molecular weight is 252 g/mol. The molecule has 0 saturated carbocycles. The van der Waals surface area contributed by atoms with Crippen molar-refractivity contribution in [3.63, 3.8) is 0 Å². The van der Waals surface area contributed by atoms with E-state index in [0.29, 0.717) is 0 Å². The third-order valence-corrected chi connectivity index (χ3v) is 2.02. The summed E-state index contributed by atoms with van der Waals surface area (Å²) in [6, 6.07) is 0.142. The van der Waals surface area contributed by atoms with Gasteiger partial charge < -0.3 is 9.47 Å². The normalized spacial score (nSPS) is 11.2. The van der Waals surface area contributed by atoms with Crippen LogP contribution in [0.1, 0.15) is 25.7 Å². The first-order valence-electron chi connectivity index (χ1n) is 5.08. The highest BCUT2D eigenvalue weighted by atomic mass is 19.2. The fraction of sp³-hybridized carbons (Fsp3) is 0.455. The molecule has 0 aromatic heterocycles. The zero-order valence-corrected chi connectivity index (χ0v) is 9.40. The van der Waals surface area contributed by atoms with E-state index >= 15 is 0 Å². The summed E-state index contributed by atoms with van der Waals surface area (Å²) in [5, 5.41) is 0. The molecule has 0 aliphatic heterocycles. The first-order valence-corrected chi connectivity index (χ1v) is 5.08. The molecule has 0 radical (unpaired) electrons. The van der Waals surface area contributed by atoms with Crippen LogP contribution in [0.2, 0.25) is 0 Å². The van der Waals surface area contributed by atoms with Crippen molar-refractivity contribution in [3.05, 3.63) is 34.9 Å². The van der Waals surface area contributed by atoms with Crippen molar-refractivity contribution in [1.29, 1.82) is 0 Å². The Morgan fingerprint density at radius 1 is 0.941 bits per heavy atom. The van der Waals surface area contributed by atoms with E-state index in [2.05, 4.69) is 0 Å². The Kier molecular flexibility index (Phi) is 4.89. The second-order valence-electron chi connectivity index (χ2n) is 3.12. The van der Waals surface area contributed by atoms with Gasteiger partial charge in [0.25, 0.3) is 0 Å². The van der Waals surface area contributed by atoms with Crippen LogP contribution in [-0.4, -0.2) is 13.2 Å². The number of hydrogen-bond donors (Lipinski definition) is 0. The predicted octanol–water partition coefficient (Wildman–Crippen LogP) is 3.31. The van der Waals surface area contributed by atoms with Crippen LogP contribution in [0.4, 0.5) is 17.6 Å². The lowest BCUT2D eigenvalue weighted by atomic mass is 10.1. The Balaban J connectivity index is 3.25. The van der Waals surface area contributed by atoms with E-state index in [9.17, 15) is 17.6 Å². The van der Waals surface area contributed by atoms with E-state index in [-0.39, 0.29) is 19.3 Å². The highest BCUT2D eigenvalue weighted by Crippen LogP contribution is 2.28. The fourth-order valence-corrected chi connectivity index (χ4v) is 1.32. The quantitative estimate of drug-likeness (QED) is 0.454. The van der Waals surface area contributed by atoms with Crippen LogP contribution in [0.15, 0.2) is 6.07 Å². The summed E-state index contributed by atoms with van der Waals surface area (Å²) < 4.78 is 62.5. The summed E-state index contributed by atoms with van der Waals surface area (Å²) in [4.78, 5) is 0. The van der Waals surface area contributed by atoms with Crippen molar-refractivity contribution < 1.29 is 27.0 Å². The highest BCUT2D eigenvalue weighted by Gasteiger charge is 2.26. The molecule has 0 bridgehead atoms. The van der Waals surface area contributed by atoms with Crippen molar-refractivity contribution in [2.24, 2.45) is 0 Å². The number of rotatable bonds is 5. The number of halogens is 4. The molecule has 2 nitrogen and oxygen atoms in total. The number of hydrogen-bond acceptors (Lipinski definition) is 2. The van der Waals surface area contributed by atoms with Crippen LogP contribution in [0.3, 0.4) is 0 Å². The third kappa shape index (κ3) is 2.95. The molecule has 6 heteroatoms. The zero-order valence-electron chi connectivity index (χ0n) is 9.40. The van der Waals surface area contributed by atoms with Gasteiger partial charge in [0, 0.05) is 19.3 Å². The number of ether oxygens (including phenoxy) is 2. The molecule has 0 heterocycles. The van der Waals surface area contributed by atoms with Crippen molar-refractivity contribution in [1.82, 2.24) is 0 Å². The van der Waals surface area contributed by atoms with Crippen LogP contribution in [0.25, 0.3) is 0 Å². The molecule has 1 aromatic carbocycles. The molecule has 1 aromatic rings. The van der Waals surface area contributed by atoms with E-state index in [0.717, 1.165) is 0 Å². The van der Waals surface area contributed by atoms with Gasteiger partial charge in [-0.3, -0.25) is 0 Å². The summed E-state index contributed by atoms with van der Waals surface area (Å²) in [6.45, 7) is 3.30. The Bertz CT molecular complexity index is 363. The van der Waals surface area contributed by atoms with Gasteiger partial charge in [-0.05, 0) is 13.8 Å². The van der Waals surface area contributed by atoms with E-state index in [1.54, 1.807) is 13.8 Å². The molecule has 0 fully saturated rings. The summed E-state index contributed by atoms with van der Waals surface area (Å²) >= 11 is 0. The maximum Gasteiger partial charge on any atom is 0.189 e. The molecule has 0 atom stereocenters. The topological polar surface area (TPSA) is 18.5 Å². The molecule has 0 unspecified atom stereocenters. The minimum absolute atomic E-state index is 0.0850. The lowest BCUT2D eigenvalue weighted by Gasteiger charge is -2.18. The standard InChI is InChI=1S/C11H12F4O2/c1-3-16-11(17-4-2)8-9(14)6(12)5-7(13)10(8)15/h5,11H,3-4H2,1-2H3. The molecule has 0 N–H and O–H groups in total. The predicted molar refractivity (Wildman–Crippen MR) is 52.3 cm³/mol. The summed E-state index contributed by atoms with van der Waals surface area (Å²) in [6.07, 6.45) is -1.46. The summed E-state index contributed by atoms with van der Waals surface area (Å²) in [5.41, 5.74) is -0.883. The molecular weight excluding hydrogens is 240 g/mol. The first kappa shape index (κ1) is 13.9. The van der Waals surface area contributed by atoms with Gasteiger partial charge in [-0.25, -0.2) is 17.6 Å². The lowest BCUT2D eigenvalue weighted by Crippen LogP contribution is -2.15. The Morgan fingerprint density at radius 3 is 1.71 bits per heavy atom. The molecule has 0 aliphatic rings. The summed E-state index contributed by atoms with van der Waals surface area (Å²) in [7, 11) is 0. The smallest absolute Gasteiger partial charge is 0.189 e. The maximum atomic E-state index is 13.4. The summed E-state index contributed by atoms with van der Waals surface area (Å²) in [5.74, 6) is -5.97. The monoisotopic (exact) mass is 252 g/mol. The van der Waals surface area contributed by atoms with Crippen molar-refractivity contribution in [2.45, 2.75) is 20.1 Å². The average Bonchev–Trinajstić information content (AvgIpc) is 2.27. The van der Waals surface area contributed by atoms with Gasteiger partial charge in [-0.15, -0.1) is 0 Å². The zero-order chi connectivity index (χ0) is 13.0. The van der Waals surface area contributed by atoms with Crippen LogP contribution >= 0.6 is 0 Å². The molecule has 1 rings (SSSR count). The van der Waals surface area contributed by atoms with Crippen molar-refractivity contribution >= 4 is 0 Å². The maximum absolute atomic E-state index is 13.4. The lowest BCUT2D eigenvalue weighted by molar-refractivity contribution is -0.144. The van der Waals surface area contributed by atoms with Crippen LogP contribution in [0.5, 0.6) is 0 Å². The van der Waals surface area contributed by atoms with Gasteiger partial charge in [-0.1, -0.05) is 0 Å². The molecule has 17 heavy (non-hydrogen) atoms. The molecule has 0 spiro atoms. The van der Waals surface area contributed by atoms with Gasteiger partial charge in [0.1, 0.15) is 0 Å². The molecule has 0 aliphatic carbocycles. The first-order chi connectivity index (χ1) is 8.02. The van der Waals surface area contributed by atoms with Crippen LogP contribution in [-0.2, 0) is 9.47 Å². The van der Waals surface area contributed by atoms with Crippen LogP contribution in [0, 0.1) is 23.3 Å². The van der Waals surface area contributed by atoms with Gasteiger partial charge >= 0.3 is 0 Å². The van der Waals surface area contributed by atoms with E-state index in [1.807, 2.05) is 0 Å². The molecular formula is C11H12F4O2. The SMILES string of the molecule is CCOC(OCC)c1c(F)c(F)cc(F)c1F. The van der Waals surface area contributed by atoms with E-state index < -0.39 is 35.1 Å². The second-order valence-corrected chi connectivity index (χ2v) is 3.12. The van der Waals surface area contributed by atoms with Crippen molar-refractivity contribution in [3.8, 4) is 0 Å². The van der Waals surface area contributed by atoms with E-state index in [4.69, 9.17) is 9.47 Å². The minimum atomic E-state index is -1.50. The fourth-order valence-electron chi connectivity index (χ4n) is 1.32. The van der Waals surface area contributed by atoms with Gasteiger partial charge in [0.2, 0.25) is 0 Å². The van der Waals surface area contributed by atoms with Crippen molar-refractivity contribution in [2.75, 3.05) is 13.2 Å². The van der Waals surface area contributed by atoms with Crippen LogP contribution < -0.4 is 0 Å². The largest absolute Gasteiger partial charge is 0.348 e. The Hall–Kier alpha value is -1.14. The molecule has 0 saturated heterocycles. The van der Waals surface area contributed by atoms with E-state index in [1.165, 1.54) is 0 Å². The molecule has 96 valence electrons. The van der Waals surface area contributed by atoms with Gasteiger partial charge in [0.15, 0.2) is 29.6 Å². The number of benzene rings is 1. The van der Waals surface area contributed by atoms with Gasteiger partial charge in [0.05, 0.1) is 5.56 Å². The minimum Gasteiger partial charge on any atom is -0.348 e.